The van der Waals surface area contributed by atoms with Gasteiger partial charge in [-0.2, -0.15) is 0 Å². The van der Waals surface area contributed by atoms with E-state index in [1.165, 1.54) is 0 Å². The van der Waals surface area contributed by atoms with Gasteiger partial charge in [0, 0.05) is 0 Å². The van der Waals surface area contributed by atoms with Crippen LogP contribution in [0, 0.1) is 6.92 Å². The van der Waals surface area contributed by atoms with Crippen molar-refractivity contribution < 1.29 is 8.42 Å². The molecular formula is C15H21ClN2O2S. The SMILES string of the molecule is CC(=N[C@H]1CCCC[C@@H]1Cl)NS(=O)(=O)c1ccc(C)cc1. The van der Waals surface area contributed by atoms with Crippen molar-refractivity contribution in [2.45, 2.75) is 55.8 Å². The van der Waals surface area contributed by atoms with Crippen LogP contribution in [0.25, 0.3) is 0 Å². The lowest BCUT2D eigenvalue weighted by Crippen LogP contribution is -2.32. The first-order chi connectivity index (χ1) is 9.88. The van der Waals surface area contributed by atoms with E-state index >= 15 is 0 Å². The van der Waals surface area contributed by atoms with Gasteiger partial charge in [-0.1, -0.05) is 30.5 Å². The number of nitrogens with zero attached hydrogens (tertiary/aromatic N) is 1. The van der Waals surface area contributed by atoms with Crippen molar-refractivity contribution >= 4 is 27.5 Å². The molecule has 21 heavy (non-hydrogen) atoms. The molecule has 1 aromatic rings. The van der Waals surface area contributed by atoms with E-state index in [1.54, 1.807) is 31.2 Å². The van der Waals surface area contributed by atoms with Gasteiger partial charge in [0.05, 0.1) is 16.3 Å². The summed E-state index contributed by atoms with van der Waals surface area (Å²) in [5, 5.41) is -0.00224. The molecule has 0 radical (unpaired) electrons. The van der Waals surface area contributed by atoms with Gasteiger partial charge in [-0.15, -0.1) is 11.6 Å². The maximum Gasteiger partial charge on any atom is 0.262 e. The third-order valence-electron chi connectivity index (χ3n) is 3.62. The predicted octanol–water partition coefficient (Wildman–Crippen LogP) is 3.24. The van der Waals surface area contributed by atoms with E-state index in [2.05, 4.69) is 9.71 Å². The summed E-state index contributed by atoms with van der Waals surface area (Å²) in [6, 6.07) is 6.74. The van der Waals surface area contributed by atoms with Crippen LogP contribution in [0.15, 0.2) is 34.2 Å². The van der Waals surface area contributed by atoms with E-state index in [4.69, 9.17) is 11.6 Å². The van der Waals surface area contributed by atoms with E-state index < -0.39 is 10.0 Å². The summed E-state index contributed by atoms with van der Waals surface area (Å²) in [7, 11) is -3.57. The highest BCUT2D eigenvalue weighted by atomic mass is 35.5. The van der Waals surface area contributed by atoms with Crippen LogP contribution in [0.5, 0.6) is 0 Å². The Hall–Kier alpha value is -1.07. The summed E-state index contributed by atoms with van der Waals surface area (Å²) in [5.74, 6) is 0.396. The molecule has 0 unspecified atom stereocenters. The molecule has 0 amide bonds. The lowest BCUT2D eigenvalue weighted by molar-refractivity contribution is 0.449. The number of benzene rings is 1. The molecule has 1 aromatic carbocycles. The molecule has 1 saturated carbocycles. The monoisotopic (exact) mass is 328 g/mol. The second-order valence-electron chi connectivity index (χ2n) is 5.50. The summed E-state index contributed by atoms with van der Waals surface area (Å²) in [4.78, 5) is 4.68. The van der Waals surface area contributed by atoms with Crippen LogP contribution in [-0.4, -0.2) is 25.7 Å². The molecule has 1 N–H and O–H groups in total. The molecule has 0 heterocycles. The molecule has 1 fully saturated rings. The molecule has 0 aromatic heterocycles. The van der Waals surface area contributed by atoms with E-state index in [9.17, 15) is 8.42 Å². The number of rotatable bonds is 3. The van der Waals surface area contributed by atoms with Crippen molar-refractivity contribution in [3.8, 4) is 0 Å². The van der Waals surface area contributed by atoms with Gasteiger partial charge in [0.2, 0.25) is 0 Å². The summed E-state index contributed by atoms with van der Waals surface area (Å²) < 4.78 is 27.0. The number of aryl methyl sites for hydroxylation is 1. The average Bonchev–Trinajstić information content (AvgIpc) is 2.41. The topological polar surface area (TPSA) is 58.5 Å². The van der Waals surface area contributed by atoms with Gasteiger partial charge in [-0.25, -0.2) is 8.42 Å². The Morgan fingerprint density at radius 2 is 1.86 bits per heavy atom. The van der Waals surface area contributed by atoms with E-state index in [-0.39, 0.29) is 16.3 Å². The Morgan fingerprint density at radius 1 is 1.24 bits per heavy atom. The smallest absolute Gasteiger partial charge is 0.262 e. The Bertz CT molecular complexity index is 611. The van der Waals surface area contributed by atoms with E-state index in [0.717, 1.165) is 31.2 Å². The molecule has 4 nitrogen and oxygen atoms in total. The minimum Gasteiger partial charge on any atom is -0.267 e. The highest BCUT2D eigenvalue weighted by Crippen LogP contribution is 2.25. The van der Waals surface area contributed by atoms with Gasteiger partial charge in [-0.05, 0) is 38.8 Å². The number of amidine groups is 1. The lowest BCUT2D eigenvalue weighted by atomic mass is 9.95. The zero-order valence-corrected chi connectivity index (χ0v) is 13.9. The van der Waals surface area contributed by atoms with Gasteiger partial charge in [0.15, 0.2) is 0 Å². The second kappa shape index (κ2) is 6.79. The summed E-state index contributed by atoms with van der Waals surface area (Å²) in [6.07, 6.45) is 4.06. The van der Waals surface area contributed by atoms with Crippen molar-refractivity contribution in [3.05, 3.63) is 29.8 Å². The predicted molar refractivity (Wildman–Crippen MR) is 86.5 cm³/mol. The number of halogens is 1. The summed E-state index contributed by atoms with van der Waals surface area (Å²) in [5.41, 5.74) is 1.02. The van der Waals surface area contributed by atoms with Crippen LogP contribution in [0.2, 0.25) is 0 Å². The van der Waals surface area contributed by atoms with Crippen molar-refractivity contribution in [2.75, 3.05) is 0 Å². The third kappa shape index (κ3) is 4.45. The number of hydrogen-bond acceptors (Lipinski definition) is 3. The summed E-state index contributed by atoms with van der Waals surface area (Å²) in [6.45, 7) is 3.59. The third-order valence-corrected chi connectivity index (χ3v) is 5.59. The van der Waals surface area contributed by atoms with Crippen molar-refractivity contribution in [2.24, 2.45) is 4.99 Å². The molecule has 6 heteroatoms. The largest absolute Gasteiger partial charge is 0.267 e. The van der Waals surface area contributed by atoms with Crippen molar-refractivity contribution in [1.82, 2.24) is 4.72 Å². The number of hydrogen-bond donors (Lipinski definition) is 1. The molecular weight excluding hydrogens is 308 g/mol. The first-order valence-electron chi connectivity index (χ1n) is 7.16. The molecule has 0 spiro atoms. The quantitative estimate of drug-likeness (QED) is 0.526. The van der Waals surface area contributed by atoms with Crippen LogP contribution >= 0.6 is 11.6 Å². The minimum absolute atomic E-state index is 0.00105. The fourth-order valence-corrected chi connectivity index (χ4v) is 3.85. The molecule has 0 saturated heterocycles. The van der Waals surface area contributed by atoms with Crippen molar-refractivity contribution in [1.29, 1.82) is 0 Å². The fraction of sp³-hybridized carbons (Fsp3) is 0.533. The minimum atomic E-state index is -3.57. The second-order valence-corrected chi connectivity index (χ2v) is 7.74. The first-order valence-corrected chi connectivity index (χ1v) is 9.08. The first kappa shape index (κ1) is 16.3. The van der Waals surface area contributed by atoms with Crippen LogP contribution in [0.4, 0.5) is 0 Å². The van der Waals surface area contributed by atoms with Crippen LogP contribution in [-0.2, 0) is 10.0 Å². The highest BCUT2D eigenvalue weighted by Gasteiger charge is 2.23. The molecule has 1 aliphatic carbocycles. The maximum absolute atomic E-state index is 12.3. The fourth-order valence-electron chi connectivity index (χ4n) is 2.46. The molecule has 2 rings (SSSR count). The Labute approximate surface area is 131 Å². The molecule has 116 valence electrons. The van der Waals surface area contributed by atoms with E-state index in [1.807, 2.05) is 6.92 Å². The summed E-state index contributed by atoms with van der Waals surface area (Å²) >= 11 is 6.25. The highest BCUT2D eigenvalue weighted by molar-refractivity contribution is 7.90. The number of aliphatic imine (C=N–C) groups is 1. The zero-order valence-electron chi connectivity index (χ0n) is 12.3. The van der Waals surface area contributed by atoms with Crippen LogP contribution < -0.4 is 4.72 Å². The van der Waals surface area contributed by atoms with E-state index in [0.29, 0.717) is 5.84 Å². The van der Waals surface area contributed by atoms with Gasteiger partial charge in [0.25, 0.3) is 10.0 Å². The number of nitrogens with one attached hydrogen (secondary N) is 1. The molecule has 0 aliphatic heterocycles. The Kier molecular flexibility index (Phi) is 5.27. The van der Waals surface area contributed by atoms with Gasteiger partial charge >= 0.3 is 0 Å². The maximum atomic E-state index is 12.3. The van der Waals surface area contributed by atoms with Crippen LogP contribution in [0.3, 0.4) is 0 Å². The van der Waals surface area contributed by atoms with Gasteiger partial charge in [0.1, 0.15) is 5.84 Å². The average molecular weight is 329 g/mol. The standard InChI is InChI=1S/C15H21ClN2O2S/c1-11-7-9-13(10-8-11)21(19,20)18-12(2)17-15-6-4-3-5-14(15)16/h7-10,14-15H,3-6H2,1-2H3,(H,17,18)/t14-,15-/m0/s1. The molecule has 2 atom stereocenters. The zero-order chi connectivity index (χ0) is 15.5. The number of alkyl halides is 1. The van der Waals surface area contributed by atoms with Gasteiger partial charge < -0.3 is 0 Å². The van der Waals surface area contributed by atoms with Gasteiger partial charge in [-0.3, -0.25) is 9.71 Å². The normalized spacial score (nSPS) is 23.9. The lowest BCUT2D eigenvalue weighted by Gasteiger charge is -2.24. The molecule has 0 bridgehead atoms. The van der Waals surface area contributed by atoms with Crippen molar-refractivity contribution in [3.63, 3.8) is 0 Å². The number of sulfonamides is 1. The molecule has 1 aliphatic rings. The Morgan fingerprint density at radius 3 is 2.48 bits per heavy atom. The Balaban J connectivity index is 2.10. The van der Waals surface area contributed by atoms with Crippen LogP contribution in [0.1, 0.15) is 38.2 Å².